The lowest BCUT2D eigenvalue weighted by Gasteiger charge is -2.18. The standard InChI is InChI=1S/C9H14N2O2S/c1-9(2,3)13-8(12)11-4-7(5-14)10-6-11/h4,6,14H,5H2,1-3H3. The molecule has 0 atom stereocenters. The van der Waals surface area contributed by atoms with Crippen molar-refractivity contribution >= 4 is 18.7 Å². The topological polar surface area (TPSA) is 44.1 Å². The maximum Gasteiger partial charge on any atom is 0.419 e. The molecule has 0 fully saturated rings. The second-order valence-corrected chi connectivity index (χ2v) is 4.23. The zero-order valence-electron chi connectivity index (χ0n) is 8.52. The molecule has 14 heavy (non-hydrogen) atoms. The van der Waals surface area contributed by atoms with E-state index in [0.717, 1.165) is 5.69 Å². The summed E-state index contributed by atoms with van der Waals surface area (Å²) in [7, 11) is 0. The van der Waals surface area contributed by atoms with Crippen molar-refractivity contribution in [3.8, 4) is 0 Å². The van der Waals surface area contributed by atoms with Crippen molar-refractivity contribution in [2.45, 2.75) is 32.1 Å². The van der Waals surface area contributed by atoms with Gasteiger partial charge in [0.15, 0.2) is 0 Å². The van der Waals surface area contributed by atoms with Crippen molar-refractivity contribution in [1.82, 2.24) is 9.55 Å². The van der Waals surface area contributed by atoms with E-state index in [1.165, 1.54) is 10.9 Å². The van der Waals surface area contributed by atoms with Crippen LogP contribution >= 0.6 is 12.6 Å². The van der Waals surface area contributed by atoms with E-state index in [4.69, 9.17) is 4.74 Å². The van der Waals surface area contributed by atoms with E-state index in [2.05, 4.69) is 17.6 Å². The highest BCUT2D eigenvalue weighted by atomic mass is 32.1. The minimum Gasteiger partial charge on any atom is -0.443 e. The van der Waals surface area contributed by atoms with Crippen molar-refractivity contribution < 1.29 is 9.53 Å². The van der Waals surface area contributed by atoms with Gasteiger partial charge in [0.25, 0.3) is 0 Å². The van der Waals surface area contributed by atoms with Gasteiger partial charge < -0.3 is 4.74 Å². The minimum absolute atomic E-state index is 0.418. The number of nitrogens with zero attached hydrogens (tertiary/aromatic N) is 2. The highest BCUT2D eigenvalue weighted by molar-refractivity contribution is 7.79. The number of hydrogen-bond acceptors (Lipinski definition) is 4. The van der Waals surface area contributed by atoms with Gasteiger partial charge in [-0.15, -0.1) is 0 Å². The highest BCUT2D eigenvalue weighted by Crippen LogP contribution is 2.09. The molecule has 0 N–H and O–H groups in total. The molecule has 0 aromatic carbocycles. The zero-order valence-corrected chi connectivity index (χ0v) is 9.41. The SMILES string of the molecule is CC(C)(C)OC(=O)n1cnc(CS)c1. The number of rotatable bonds is 1. The molecule has 0 unspecified atom stereocenters. The molecule has 0 saturated carbocycles. The summed E-state index contributed by atoms with van der Waals surface area (Å²) in [6, 6.07) is 0. The van der Waals surface area contributed by atoms with Crippen LogP contribution < -0.4 is 0 Å². The zero-order chi connectivity index (χ0) is 10.8. The van der Waals surface area contributed by atoms with E-state index in [1.807, 2.05) is 20.8 Å². The quantitative estimate of drug-likeness (QED) is 0.728. The van der Waals surface area contributed by atoms with Crippen LogP contribution in [0.2, 0.25) is 0 Å². The molecule has 0 aliphatic heterocycles. The molecular formula is C9H14N2O2S. The van der Waals surface area contributed by atoms with Gasteiger partial charge in [-0.05, 0) is 20.8 Å². The molecule has 0 bridgehead atoms. The summed E-state index contributed by atoms with van der Waals surface area (Å²) in [4.78, 5) is 15.4. The van der Waals surface area contributed by atoms with Crippen LogP contribution in [0.1, 0.15) is 26.5 Å². The van der Waals surface area contributed by atoms with Crippen molar-refractivity contribution in [2.24, 2.45) is 0 Å². The summed E-state index contributed by atoms with van der Waals surface area (Å²) in [6.07, 6.45) is 2.62. The summed E-state index contributed by atoms with van der Waals surface area (Å²) in [5.41, 5.74) is 0.266. The van der Waals surface area contributed by atoms with Gasteiger partial charge in [0.2, 0.25) is 0 Å². The third-order valence-electron chi connectivity index (χ3n) is 1.40. The van der Waals surface area contributed by atoms with E-state index in [9.17, 15) is 4.79 Å². The van der Waals surface area contributed by atoms with Gasteiger partial charge in [0.05, 0.1) is 5.69 Å². The van der Waals surface area contributed by atoms with Crippen molar-refractivity contribution in [2.75, 3.05) is 0 Å². The third kappa shape index (κ3) is 3.06. The van der Waals surface area contributed by atoms with Gasteiger partial charge in [-0.25, -0.2) is 14.3 Å². The molecule has 0 aliphatic rings. The maximum atomic E-state index is 11.5. The molecule has 0 amide bonds. The fourth-order valence-corrected chi connectivity index (χ4v) is 1.02. The summed E-state index contributed by atoms with van der Waals surface area (Å²) in [5, 5.41) is 0. The Morgan fingerprint density at radius 2 is 2.29 bits per heavy atom. The number of hydrogen-bond donors (Lipinski definition) is 1. The van der Waals surface area contributed by atoms with Crippen molar-refractivity contribution in [1.29, 1.82) is 0 Å². The summed E-state index contributed by atoms with van der Waals surface area (Å²) in [5.74, 6) is 0.510. The van der Waals surface area contributed by atoms with Crippen molar-refractivity contribution in [3.05, 3.63) is 18.2 Å². The number of carbonyl (C=O) groups is 1. The smallest absolute Gasteiger partial charge is 0.419 e. The number of aromatic nitrogens is 2. The molecule has 0 spiro atoms. The van der Waals surface area contributed by atoms with E-state index < -0.39 is 11.7 Å². The Labute approximate surface area is 88.7 Å². The molecule has 1 heterocycles. The molecule has 1 rings (SSSR count). The van der Waals surface area contributed by atoms with E-state index in [0.29, 0.717) is 5.75 Å². The Kier molecular flexibility index (Phi) is 3.21. The first-order valence-electron chi connectivity index (χ1n) is 4.29. The van der Waals surface area contributed by atoms with Crippen LogP contribution in [0, 0.1) is 0 Å². The predicted octanol–water partition coefficient (Wildman–Crippen LogP) is 2.10. The Morgan fingerprint density at radius 3 is 2.71 bits per heavy atom. The van der Waals surface area contributed by atoms with Crippen LogP contribution in [-0.2, 0) is 10.5 Å². The van der Waals surface area contributed by atoms with Gasteiger partial charge in [0, 0.05) is 11.9 Å². The lowest BCUT2D eigenvalue weighted by atomic mass is 10.2. The second-order valence-electron chi connectivity index (χ2n) is 3.91. The Morgan fingerprint density at radius 1 is 1.64 bits per heavy atom. The molecule has 1 aromatic rings. The molecule has 5 heteroatoms. The monoisotopic (exact) mass is 214 g/mol. The normalized spacial score (nSPS) is 11.4. The minimum atomic E-state index is -0.484. The maximum absolute atomic E-state index is 11.5. The molecule has 0 aliphatic carbocycles. The highest BCUT2D eigenvalue weighted by Gasteiger charge is 2.17. The molecular weight excluding hydrogens is 200 g/mol. The van der Waals surface area contributed by atoms with Gasteiger partial charge >= 0.3 is 6.09 Å². The molecule has 0 saturated heterocycles. The molecule has 78 valence electrons. The summed E-state index contributed by atoms with van der Waals surface area (Å²) in [6.45, 7) is 5.46. The van der Waals surface area contributed by atoms with Crippen LogP contribution in [0.5, 0.6) is 0 Å². The summed E-state index contributed by atoms with van der Waals surface area (Å²) < 4.78 is 6.46. The first-order chi connectivity index (χ1) is 6.42. The lowest BCUT2D eigenvalue weighted by molar-refractivity contribution is 0.0536. The number of carbonyl (C=O) groups excluding carboxylic acids is 1. The van der Waals surface area contributed by atoms with Crippen LogP contribution in [0.15, 0.2) is 12.5 Å². The van der Waals surface area contributed by atoms with Crippen LogP contribution in [-0.4, -0.2) is 21.2 Å². The van der Waals surface area contributed by atoms with Crippen LogP contribution in [0.4, 0.5) is 4.79 Å². The number of thiol groups is 1. The Hall–Kier alpha value is -0.970. The molecule has 1 aromatic heterocycles. The van der Waals surface area contributed by atoms with E-state index >= 15 is 0 Å². The third-order valence-corrected chi connectivity index (χ3v) is 1.73. The Balaban J connectivity index is 2.70. The molecule has 0 radical (unpaired) electrons. The number of ether oxygens (including phenoxy) is 1. The number of imidazole rings is 1. The predicted molar refractivity (Wildman–Crippen MR) is 56.5 cm³/mol. The first kappa shape index (κ1) is 11.1. The van der Waals surface area contributed by atoms with Crippen molar-refractivity contribution in [3.63, 3.8) is 0 Å². The van der Waals surface area contributed by atoms with Crippen LogP contribution in [0.25, 0.3) is 0 Å². The Bertz CT molecular complexity index is 328. The largest absolute Gasteiger partial charge is 0.443 e. The van der Waals surface area contributed by atoms with Crippen LogP contribution in [0.3, 0.4) is 0 Å². The fraction of sp³-hybridized carbons (Fsp3) is 0.556. The van der Waals surface area contributed by atoms with Gasteiger partial charge in [0.1, 0.15) is 11.9 Å². The second kappa shape index (κ2) is 4.04. The average Bonchev–Trinajstić information content (AvgIpc) is 2.48. The van der Waals surface area contributed by atoms with Gasteiger partial charge in [-0.1, -0.05) is 0 Å². The van der Waals surface area contributed by atoms with Gasteiger partial charge in [-0.2, -0.15) is 12.6 Å². The molecule has 4 nitrogen and oxygen atoms in total. The average molecular weight is 214 g/mol. The fourth-order valence-electron chi connectivity index (χ4n) is 0.860. The summed E-state index contributed by atoms with van der Waals surface area (Å²) >= 11 is 4.05. The van der Waals surface area contributed by atoms with E-state index in [1.54, 1.807) is 6.20 Å². The van der Waals surface area contributed by atoms with E-state index in [-0.39, 0.29) is 0 Å². The lowest BCUT2D eigenvalue weighted by Crippen LogP contribution is -2.26. The first-order valence-corrected chi connectivity index (χ1v) is 4.93. The van der Waals surface area contributed by atoms with Gasteiger partial charge in [-0.3, -0.25) is 0 Å².